The Hall–Kier alpha value is -1.72. The zero-order valence-corrected chi connectivity index (χ0v) is 11.3. The van der Waals surface area contributed by atoms with Gasteiger partial charge < -0.3 is 0 Å². The first-order chi connectivity index (χ1) is 8.77. The van der Waals surface area contributed by atoms with E-state index in [0.717, 1.165) is 22.3 Å². The van der Waals surface area contributed by atoms with Gasteiger partial charge in [0.05, 0.1) is 11.8 Å². The minimum absolute atomic E-state index is 0.0582. The lowest BCUT2D eigenvalue weighted by molar-refractivity contribution is 0.711. The summed E-state index contributed by atoms with van der Waals surface area (Å²) < 4.78 is 1.38. The van der Waals surface area contributed by atoms with E-state index in [-0.39, 0.29) is 5.56 Å². The van der Waals surface area contributed by atoms with E-state index < -0.39 is 0 Å². The van der Waals surface area contributed by atoms with E-state index in [2.05, 4.69) is 5.10 Å². The molecule has 3 aromatic rings. The average Bonchev–Trinajstić information content (AvgIpc) is 3.03. The van der Waals surface area contributed by atoms with Crippen LogP contribution in [0.1, 0.15) is 0 Å². The Morgan fingerprint density at radius 2 is 1.78 bits per heavy atom. The van der Waals surface area contributed by atoms with Gasteiger partial charge in [0.25, 0.3) is 5.56 Å². The van der Waals surface area contributed by atoms with Gasteiger partial charge in [-0.25, -0.2) is 4.68 Å². The van der Waals surface area contributed by atoms with Crippen LogP contribution in [0.3, 0.4) is 0 Å². The molecule has 3 heterocycles. The molecular weight excluding hydrogens is 264 g/mol. The molecule has 0 aliphatic heterocycles. The van der Waals surface area contributed by atoms with Gasteiger partial charge in [-0.3, -0.25) is 4.79 Å². The highest BCUT2D eigenvalue weighted by atomic mass is 32.1. The van der Waals surface area contributed by atoms with Crippen molar-refractivity contribution in [2.24, 2.45) is 7.05 Å². The summed E-state index contributed by atoms with van der Waals surface area (Å²) in [5.74, 6) is 0. The second kappa shape index (κ2) is 4.51. The van der Waals surface area contributed by atoms with Gasteiger partial charge in [0.2, 0.25) is 0 Å². The molecule has 0 unspecified atom stereocenters. The highest BCUT2D eigenvalue weighted by Crippen LogP contribution is 2.30. The maximum Gasteiger partial charge on any atom is 0.275 e. The Morgan fingerprint density at radius 1 is 1.11 bits per heavy atom. The highest BCUT2D eigenvalue weighted by molar-refractivity contribution is 7.08. The van der Waals surface area contributed by atoms with Crippen molar-refractivity contribution in [2.75, 3.05) is 0 Å². The highest BCUT2D eigenvalue weighted by Gasteiger charge is 2.14. The maximum absolute atomic E-state index is 12.3. The Kier molecular flexibility index (Phi) is 2.85. The molecule has 3 rings (SSSR count). The summed E-state index contributed by atoms with van der Waals surface area (Å²) in [5.41, 5.74) is 3.58. The first-order valence-electron chi connectivity index (χ1n) is 5.39. The second-order valence-corrected chi connectivity index (χ2v) is 5.45. The van der Waals surface area contributed by atoms with Crippen molar-refractivity contribution in [3.05, 3.63) is 50.2 Å². The van der Waals surface area contributed by atoms with Gasteiger partial charge in [-0.1, -0.05) is 0 Å². The fraction of sp³-hybridized carbons (Fsp3) is 0.0769. The molecule has 90 valence electrons. The standard InChI is InChI=1S/C13H10N2OS2/c1-15-13(16)12(10-3-5-18-8-10)11(6-14-15)9-2-4-17-7-9/h2-8H,1H3. The zero-order valence-electron chi connectivity index (χ0n) is 9.66. The van der Waals surface area contributed by atoms with Crippen molar-refractivity contribution in [2.45, 2.75) is 0 Å². The van der Waals surface area contributed by atoms with Crippen LogP contribution >= 0.6 is 22.7 Å². The molecule has 3 aromatic heterocycles. The van der Waals surface area contributed by atoms with Crippen LogP contribution in [0.15, 0.2) is 44.6 Å². The molecule has 0 saturated carbocycles. The molecule has 0 saturated heterocycles. The summed E-state index contributed by atoms with van der Waals surface area (Å²) in [6.45, 7) is 0. The molecular formula is C13H10N2OS2. The van der Waals surface area contributed by atoms with Gasteiger partial charge in [-0.2, -0.15) is 27.8 Å². The monoisotopic (exact) mass is 274 g/mol. The number of aryl methyl sites for hydroxylation is 1. The molecule has 0 radical (unpaired) electrons. The van der Waals surface area contributed by atoms with Gasteiger partial charge in [0, 0.05) is 12.6 Å². The number of thiophene rings is 2. The molecule has 0 aliphatic carbocycles. The lowest BCUT2D eigenvalue weighted by Crippen LogP contribution is -2.21. The van der Waals surface area contributed by atoms with Crippen molar-refractivity contribution < 1.29 is 0 Å². The van der Waals surface area contributed by atoms with Crippen molar-refractivity contribution in [3.63, 3.8) is 0 Å². The smallest absolute Gasteiger partial charge is 0.267 e. The Balaban J connectivity index is 2.34. The van der Waals surface area contributed by atoms with Gasteiger partial charge in [0.1, 0.15) is 0 Å². The largest absolute Gasteiger partial charge is 0.275 e. The molecule has 0 aromatic carbocycles. The fourth-order valence-corrected chi connectivity index (χ4v) is 3.16. The molecule has 0 bridgehead atoms. The molecule has 18 heavy (non-hydrogen) atoms. The average molecular weight is 274 g/mol. The Morgan fingerprint density at radius 3 is 2.39 bits per heavy atom. The topological polar surface area (TPSA) is 34.9 Å². The van der Waals surface area contributed by atoms with Crippen LogP contribution in [0, 0.1) is 0 Å². The third-order valence-electron chi connectivity index (χ3n) is 2.78. The fourth-order valence-electron chi connectivity index (χ4n) is 1.86. The van der Waals surface area contributed by atoms with E-state index in [0.29, 0.717) is 0 Å². The van der Waals surface area contributed by atoms with Crippen LogP contribution in [0.5, 0.6) is 0 Å². The lowest BCUT2D eigenvalue weighted by atomic mass is 10.0. The van der Waals surface area contributed by atoms with Crippen LogP contribution in [0.25, 0.3) is 22.3 Å². The van der Waals surface area contributed by atoms with E-state index >= 15 is 0 Å². The SMILES string of the molecule is Cn1ncc(-c2ccsc2)c(-c2ccsc2)c1=O. The summed E-state index contributed by atoms with van der Waals surface area (Å²) in [4.78, 5) is 12.3. The number of nitrogens with zero attached hydrogens (tertiary/aromatic N) is 2. The van der Waals surface area contributed by atoms with Crippen LogP contribution in [0.4, 0.5) is 0 Å². The summed E-state index contributed by atoms with van der Waals surface area (Å²) in [6.07, 6.45) is 1.76. The molecule has 0 aliphatic rings. The van der Waals surface area contributed by atoms with Gasteiger partial charge >= 0.3 is 0 Å². The van der Waals surface area contributed by atoms with E-state index in [1.165, 1.54) is 4.68 Å². The van der Waals surface area contributed by atoms with Crippen molar-refractivity contribution in [1.29, 1.82) is 0 Å². The lowest BCUT2D eigenvalue weighted by Gasteiger charge is -2.07. The predicted octanol–water partition coefficient (Wildman–Crippen LogP) is 3.24. The van der Waals surface area contributed by atoms with Crippen LogP contribution in [-0.2, 0) is 7.05 Å². The van der Waals surface area contributed by atoms with Gasteiger partial charge in [-0.15, -0.1) is 0 Å². The van der Waals surface area contributed by atoms with Crippen molar-refractivity contribution in [3.8, 4) is 22.3 Å². The summed E-state index contributed by atoms with van der Waals surface area (Å²) in [6, 6.07) is 3.98. The minimum Gasteiger partial charge on any atom is -0.267 e. The summed E-state index contributed by atoms with van der Waals surface area (Å²) in [5, 5.41) is 12.1. The number of hydrogen-bond donors (Lipinski definition) is 0. The third-order valence-corrected chi connectivity index (χ3v) is 4.15. The number of rotatable bonds is 2. The van der Waals surface area contributed by atoms with Crippen LogP contribution in [0.2, 0.25) is 0 Å². The summed E-state index contributed by atoms with van der Waals surface area (Å²) in [7, 11) is 1.68. The van der Waals surface area contributed by atoms with Crippen LogP contribution < -0.4 is 5.56 Å². The zero-order chi connectivity index (χ0) is 12.5. The molecule has 0 N–H and O–H groups in total. The Labute approximate surface area is 112 Å². The molecule has 0 atom stereocenters. The Bertz CT molecular complexity index is 712. The molecule has 0 fully saturated rings. The third kappa shape index (κ3) is 1.81. The number of hydrogen-bond acceptors (Lipinski definition) is 4. The molecule has 5 heteroatoms. The molecule has 0 amide bonds. The molecule has 0 spiro atoms. The van der Waals surface area contributed by atoms with Crippen LogP contribution in [-0.4, -0.2) is 9.78 Å². The number of aromatic nitrogens is 2. The molecule has 3 nitrogen and oxygen atoms in total. The van der Waals surface area contributed by atoms with Crippen molar-refractivity contribution >= 4 is 22.7 Å². The van der Waals surface area contributed by atoms with E-state index in [1.807, 2.05) is 33.7 Å². The predicted molar refractivity (Wildman–Crippen MR) is 76.1 cm³/mol. The van der Waals surface area contributed by atoms with E-state index in [4.69, 9.17) is 0 Å². The van der Waals surface area contributed by atoms with Gasteiger partial charge in [-0.05, 0) is 44.8 Å². The van der Waals surface area contributed by atoms with Crippen molar-refractivity contribution in [1.82, 2.24) is 9.78 Å². The first-order valence-corrected chi connectivity index (χ1v) is 7.27. The summed E-state index contributed by atoms with van der Waals surface area (Å²) >= 11 is 3.21. The second-order valence-electron chi connectivity index (χ2n) is 3.89. The first kappa shape index (κ1) is 11.4. The quantitative estimate of drug-likeness (QED) is 0.719. The van der Waals surface area contributed by atoms with E-state index in [1.54, 1.807) is 35.9 Å². The normalized spacial score (nSPS) is 10.7. The van der Waals surface area contributed by atoms with Gasteiger partial charge in [0.15, 0.2) is 0 Å². The minimum atomic E-state index is -0.0582. The van der Waals surface area contributed by atoms with E-state index in [9.17, 15) is 4.79 Å². The maximum atomic E-state index is 12.3.